The molecule has 1 aliphatic rings. The Morgan fingerprint density at radius 3 is 2.64 bits per heavy atom. The first kappa shape index (κ1) is 12.0. The Bertz CT molecular complexity index is 132. The van der Waals surface area contributed by atoms with Gasteiger partial charge in [0, 0.05) is 13.2 Å². The molecule has 1 saturated carbocycles. The molecule has 2 nitrogen and oxygen atoms in total. The van der Waals surface area contributed by atoms with Crippen molar-refractivity contribution in [2.45, 2.75) is 51.6 Å². The molecule has 0 aromatic rings. The largest absolute Gasteiger partial charge is 0.377 e. The van der Waals surface area contributed by atoms with Gasteiger partial charge in [0.1, 0.15) is 0 Å². The molecule has 2 heteroatoms. The van der Waals surface area contributed by atoms with Crippen LogP contribution in [-0.2, 0) is 4.74 Å². The fourth-order valence-electron chi connectivity index (χ4n) is 2.26. The van der Waals surface area contributed by atoms with Crippen LogP contribution in [0.1, 0.15) is 45.4 Å². The minimum absolute atomic E-state index is 0.364. The van der Waals surface area contributed by atoms with Crippen LogP contribution in [0, 0.1) is 5.92 Å². The highest BCUT2D eigenvalue weighted by atomic mass is 16.5. The van der Waals surface area contributed by atoms with Crippen molar-refractivity contribution < 1.29 is 4.74 Å². The average molecular weight is 199 g/mol. The molecule has 0 spiro atoms. The van der Waals surface area contributed by atoms with E-state index in [2.05, 4.69) is 12.2 Å². The summed E-state index contributed by atoms with van der Waals surface area (Å²) in [6, 6.07) is 0. The highest BCUT2D eigenvalue weighted by Crippen LogP contribution is 2.26. The molecular weight excluding hydrogens is 174 g/mol. The van der Waals surface area contributed by atoms with Gasteiger partial charge in [-0.2, -0.15) is 0 Å². The zero-order valence-electron chi connectivity index (χ0n) is 9.72. The zero-order valence-corrected chi connectivity index (χ0v) is 9.72. The molecule has 0 aromatic carbocycles. The molecular formula is C12H25NO. The van der Waals surface area contributed by atoms with Gasteiger partial charge < -0.3 is 10.1 Å². The Kier molecular flexibility index (Phi) is 6.20. The number of hydrogen-bond donors (Lipinski definition) is 1. The van der Waals surface area contributed by atoms with Gasteiger partial charge in [-0.1, -0.05) is 32.1 Å². The van der Waals surface area contributed by atoms with Crippen LogP contribution in [-0.4, -0.2) is 26.3 Å². The smallest absolute Gasteiger partial charge is 0.0671 e. The van der Waals surface area contributed by atoms with Gasteiger partial charge >= 0.3 is 0 Å². The maximum Gasteiger partial charge on any atom is 0.0671 e. The van der Waals surface area contributed by atoms with Crippen molar-refractivity contribution >= 4 is 0 Å². The van der Waals surface area contributed by atoms with E-state index in [1.54, 1.807) is 0 Å². The van der Waals surface area contributed by atoms with E-state index in [1.165, 1.54) is 38.5 Å². The van der Waals surface area contributed by atoms with Crippen LogP contribution in [0.4, 0.5) is 0 Å². The second kappa shape index (κ2) is 7.24. The van der Waals surface area contributed by atoms with Crippen molar-refractivity contribution in [3.05, 3.63) is 0 Å². The lowest BCUT2D eigenvalue weighted by molar-refractivity contribution is 0.0545. The molecule has 0 aromatic heterocycles. The van der Waals surface area contributed by atoms with E-state index in [0.717, 1.165) is 19.1 Å². The molecule has 84 valence electrons. The molecule has 1 rings (SSSR count). The van der Waals surface area contributed by atoms with Crippen LogP contribution >= 0.6 is 0 Å². The van der Waals surface area contributed by atoms with Gasteiger partial charge in [-0.25, -0.2) is 0 Å². The lowest BCUT2D eigenvalue weighted by Crippen LogP contribution is -2.24. The first-order chi connectivity index (χ1) is 6.83. The van der Waals surface area contributed by atoms with Crippen molar-refractivity contribution in [3.8, 4) is 0 Å². The predicted molar refractivity (Wildman–Crippen MR) is 60.5 cm³/mol. The van der Waals surface area contributed by atoms with Gasteiger partial charge in [0.2, 0.25) is 0 Å². The quantitative estimate of drug-likeness (QED) is 0.710. The summed E-state index contributed by atoms with van der Waals surface area (Å²) in [6.45, 7) is 4.05. The SMILES string of the molecule is CNCC(C)OCCC1CCCCC1. The standard InChI is InChI=1S/C12H25NO/c1-11(10-13-2)14-9-8-12-6-4-3-5-7-12/h11-13H,3-10H2,1-2H3. The molecule has 0 heterocycles. The minimum atomic E-state index is 0.364. The second-order valence-corrected chi connectivity index (χ2v) is 4.53. The normalized spacial score (nSPS) is 21.0. The van der Waals surface area contributed by atoms with Gasteiger partial charge in [-0.3, -0.25) is 0 Å². The van der Waals surface area contributed by atoms with Gasteiger partial charge in [0.25, 0.3) is 0 Å². The molecule has 0 aliphatic heterocycles. The monoisotopic (exact) mass is 199 g/mol. The molecule has 0 amide bonds. The topological polar surface area (TPSA) is 21.3 Å². The van der Waals surface area contributed by atoms with E-state index in [-0.39, 0.29) is 0 Å². The van der Waals surface area contributed by atoms with Crippen LogP contribution < -0.4 is 5.32 Å². The average Bonchev–Trinajstić information content (AvgIpc) is 2.20. The van der Waals surface area contributed by atoms with Crippen molar-refractivity contribution in [3.63, 3.8) is 0 Å². The third-order valence-electron chi connectivity index (χ3n) is 3.14. The first-order valence-corrected chi connectivity index (χ1v) is 6.09. The van der Waals surface area contributed by atoms with E-state index in [4.69, 9.17) is 4.74 Å². The maximum absolute atomic E-state index is 5.72. The Morgan fingerprint density at radius 1 is 1.29 bits per heavy atom. The maximum atomic E-state index is 5.72. The van der Waals surface area contributed by atoms with E-state index in [0.29, 0.717) is 6.10 Å². The fraction of sp³-hybridized carbons (Fsp3) is 1.00. The summed E-state index contributed by atoms with van der Waals surface area (Å²) in [5.41, 5.74) is 0. The molecule has 0 bridgehead atoms. The van der Waals surface area contributed by atoms with E-state index in [9.17, 15) is 0 Å². The Hall–Kier alpha value is -0.0800. The lowest BCUT2D eigenvalue weighted by Gasteiger charge is -2.22. The molecule has 1 fully saturated rings. The van der Waals surface area contributed by atoms with Crippen molar-refractivity contribution in [1.82, 2.24) is 5.32 Å². The Labute approximate surface area is 88.4 Å². The summed E-state index contributed by atoms with van der Waals surface area (Å²) < 4.78 is 5.72. The number of ether oxygens (including phenoxy) is 1. The summed E-state index contributed by atoms with van der Waals surface area (Å²) in [6.07, 6.45) is 8.84. The van der Waals surface area contributed by atoms with Crippen LogP contribution in [0.3, 0.4) is 0 Å². The summed E-state index contributed by atoms with van der Waals surface area (Å²) in [4.78, 5) is 0. The molecule has 1 aliphatic carbocycles. The van der Waals surface area contributed by atoms with Crippen LogP contribution in [0.5, 0.6) is 0 Å². The van der Waals surface area contributed by atoms with Gasteiger partial charge in [0.05, 0.1) is 6.10 Å². The van der Waals surface area contributed by atoms with Gasteiger partial charge in [-0.05, 0) is 26.3 Å². The van der Waals surface area contributed by atoms with E-state index >= 15 is 0 Å². The molecule has 1 unspecified atom stereocenters. The predicted octanol–water partition coefficient (Wildman–Crippen LogP) is 2.58. The van der Waals surface area contributed by atoms with Crippen LogP contribution in [0.15, 0.2) is 0 Å². The molecule has 1 atom stereocenters. The third kappa shape index (κ3) is 4.97. The van der Waals surface area contributed by atoms with Crippen molar-refractivity contribution in [2.75, 3.05) is 20.2 Å². The highest BCUT2D eigenvalue weighted by Gasteiger charge is 2.13. The summed E-state index contributed by atoms with van der Waals surface area (Å²) in [5.74, 6) is 0.950. The second-order valence-electron chi connectivity index (χ2n) is 4.53. The summed E-state index contributed by atoms with van der Waals surface area (Å²) in [7, 11) is 1.97. The highest BCUT2D eigenvalue weighted by molar-refractivity contribution is 4.65. The fourth-order valence-corrected chi connectivity index (χ4v) is 2.26. The Balaban J connectivity index is 1.96. The van der Waals surface area contributed by atoms with Crippen LogP contribution in [0.2, 0.25) is 0 Å². The third-order valence-corrected chi connectivity index (χ3v) is 3.14. The van der Waals surface area contributed by atoms with Gasteiger partial charge in [-0.15, -0.1) is 0 Å². The first-order valence-electron chi connectivity index (χ1n) is 6.09. The molecule has 0 radical (unpaired) electrons. The van der Waals surface area contributed by atoms with E-state index in [1.807, 2.05) is 7.05 Å². The number of hydrogen-bond acceptors (Lipinski definition) is 2. The van der Waals surface area contributed by atoms with Gasteiger partial charge in [0.15, 0.2) is 0 Å². The van der Waals surface area contributed by atoms with E-state index < -0.39 is 0 Å². The lowest BCUT2D eigenvalue weighted by atomic mass is 9.87. The molecule has 1 N–H and O–H groups in total. The number of rotatable bonds is 6. The molecule has 14 heavy (non-hydrogen) atoms. The Morgan fingerprint density at radius 2 is 2.00 bits per heavy atom. The van der Waals surface area contributed by atoms with Crippen molar-refractivity contribution in [1.29, 1.82) is 0 Å². The van der Waals surface area contributed by atoms with Crippen LogP contribution in [0.25, 0.3) is 0 Å². The summed E-state index contributed by atoms with van der Waals surface area (Å²) in [5, 5.41) is 3.13. The van der Waals surface area contributed by atoms with Crippen molar-refractivity contribution in [2.24, 2.45) is 5.92 Å². The zero-order chi connectivity index (χ0) is 10.2. The number of nitrogens with one attached hydrogen (secondary N) is 1. The minimum Gasteiger partial charge on any atom is -0.377 e. The number of likely N-dealkylation sites (N-methyl/N-ethyl adjacent to an activating group) is 1. The summed E-state index contributed by atoms with van der Waals surface area (Å²) >= 11 is 0. The molecule has 0 saturated heterocycles.